The maximum atomic E-state index is 11.1. The molecule has 2 rings (SSSR count). The summed E-state index contributed by atoms with van der Waals surface area (Å²) in [7, 11) is 0. The Morgan fingerprint density at radius 3 is 2.44 bits per heavy atom. The Morgan fingerprint density at radius 2 is 1.88 bits per heavy atom. The molecule has 3 heteroatoms. The van der Waals surface area contributed by atoms with Crippen LogP contribution < -0.4 is 10.2 Å². The highest BCUT2D eigenvalue weighted by atomic mass is 16.1. The number of benzene rings is 1. The Kier molecular flexibility index (Phi) is 3.25. The second kappa shape index (κ2) is 4.84. The monoisotopic (exact) mass is 216 g/mol. The van der Waals surface area contributed by atoms with Crippen molar-refractivity contribution in [3.8, 4) is 0 Å². The van der Waals surface area contributed by atoms with Gasteiger partial charge < -0.3 is 10.2 Å². The minimum atomic E-state index is -0.172. The molecule has 3 nitrogen and oxygen atoms in total. The van der Waals surface area contributed by atoms with Crippen LogP contribution in [-0.2, 0) is 4.79 Å². The number of carbonyl (C=O) groups is 1. The molecule has 1 aliphatic rings. The van der Waals surface area contributed by atoms with E-state index in [-0.39, 0.29) is 5.91 Å². The topological polar surface area (TPSA) is 32.3 Å². The van der Waals surface area contributed by atoms with Gasteiger partial charge in [0.15, 0.2) is 0 Å². The van der Waals surface area contributed by atoms with Gasteiger partial charge in [-0.3, -0.25) is 4.79 Å². The van der Waals surface area contributed by atoms with Crippen molar-refractivity contribution in [3.05, 3.63) is 36.9 Å². The van der Waals surface area contributed by atoms with Gasteiger partial charge in [-0.2, -0.15) is 0 Å². The summed E-state index contributed by atoms with van der Waals surface area (Å²) in [4.78, 5) is 13.4. The van der Waals surface area contributed by atoms with E-state index in [0.29, 0.717) is 0 Å². The van der Waals surface area contributed by atoms with E-state index in [1.54, 1.807) is 0 Å². The van der Waals surface area contributed by atoms with Gasteiger partial charge in [0.1, 0.15) is 0 Å². The first kappa shape index (κ1) is 10.7. The standard InChI is InChI=1S/C13H16N2O/c1-2-13(16)14-11-5-7-12(8-6-11)15-9-3-4-10-15/h2,5-8H,1,3-4,9-10H2,(H,14,16). The van der Waals surface area contributed by atoms with Crippen LogP contribution >= 0.6 is 0 Å². The molecule has 0 bridgehead atoms. The number of rotatable bonds is 3. The lowest BCUT2D eigenvalue weighted by Crippen LogP contribution is -2.17. The summed E-state index contributed by atoms with van der Waals surface area (Å²) < 4.78 is 0. The van der Waals surface area contributed by atoms with Crippen molar-refractivity contribution in [2.75, 3.05) is 23.3 Å². The molecule has 0 atom stereocenters. The Balaban J connectivity index is 2.03. The van der Waals surface area contributed by atoms with Gasteiger partial charge in [0, 0.05) is 24.5 Å². The van der Waals surface area contributed by atoms with Gasteiger partial charge in [-0.05, 0) is 43.2 Å². The molecular formula is C13H16N2O. The molecule has 1 amide bonds. The lowest BCUT2D eigenvalue weighted by atomic mass is 10.2. The van der Waals surface area contributed by atoms with Gasteiger partial charge in [0.2, 0.25) is 5.91 Å². The van der Waals surface area contributed by atoms with E-state index < -0.39 is 0 Å². The summed E-state index contributed by atoms with van der Waals surface area (Å²) in [5.74, 6) is -0.172. The number of carbonyl (C=O) groups excluding carboxylic acids is 1. The first-order valence-electron chi connectivity index (χ1n) is 5.58. The first-order chi connectivity index (χ1) is 7.79. The lowest BCUT2D eigenvalue weighted by Gasteiger charge is -2.17. The molecule has 1 saturated heterocycles. The molecule has 0 aromatic heterocycles. The van der Waals surface area contributed by atoms with Crippen molar-refractivity contribution >= 4 is 17.3 Å². The average molecular weight is 216 g/mol. The highest BCUT2D eigenvalue weighted by Crippen LogP contribution is 2.21. The lowest BCUT2D eigenvalue weighted by molar-refractivity contribution is -0.111. The molecule has 0 radical (unpaired) electrons. The summed E-state index contributed by atoms with van der Waals surface area (Å²) in [6.45, 7) is 5.69. The van der Waals surface area contributed by atoms with Crippen molar-refractivity contribution in [3.63, 3.8) is 0 Å². The number of amides is 1. The number of hydrogen-bond donors (Lipinski definition) is 1. The van der Waals surface area contributed by atoms with Crippen molar-refractivity contribution in [1.29, 1.82) is 0 Å². The van der Waals surface area contributed by atoms with E-state index in [0.717, 1.165) is 18.8 Å². The smallest absolute Gasteiger partial charge is 0.247 e. The molecule has 1 aromatic carbocycles. The van der Waals surface area contributed by atoms with Gasteiger partial charge >= 0.3 is 0 Å². The van der Waals surface area contributed by atoms with Crippen molar-refractivity contribution < 1.29 is 4.79 Å². The van der Waals surface area contributed by atoms with Crippen molar-refractivity contribution in [1.82, 2.24) is 0 Å². The number of nitrogens with one attached hydrogen (secondary N) is 1. The maximum absolute atomic E-state index is 11.1. The predicted octanol–water partition coefficient (Wildman–Crippen LogP) is 2.41. The average Bonchev–Trinajstić information content (AvgIpc) is 2.83. The first-order valence-corrected chi connectivity index (χ1v) is 5.58. The molecule has 1 aromatic rings. The zero-order valence-electron chi connectivity index (χ0n) is 9.28. The minimum Gasteiger partial charge on any atom is -0.372 e. The molecule has 0 saturated carbocycles. The van der Waals surface area contributed by atoms with Crippen LogP contribution in [0.15, 0.2) is 36.9 Å². The molecule has 1 fully saturated rings. The van der Waals surface area contributed by atoms with E-state index in [1.165, 1.54) is 24.6 Å². The van der Waals surface area contributed by atoms with Crippen LogP contribution in [0, 0.1) is 0 Å². The zero-order chi connectivity index (χ0) is 11.4. The Morgan fingerprint density at radius 1 is 1.25 bits per heavy atom. The van der Waals surface area contributed by atoms with Gasteiger partial charge in [-0.1, -0.05) is 6.58 Å². The molecule has 0 unspecified atom stereocenters. The molecule has 0 aliphatic carbocycles. The van der Waals surface area contributed by atoms with Gasteiger partial charge in [0.25, 0.3) is 0 Å². The quantitative estimate of drug-likeness (QED) is 0.787. The molecule has 1 aliphatic heterocycles. The van der Waals surface area contributed by atoms with E-state index >= 15 is 0 Å². The highest BCUT2D eigenvalue weighted by Gasteiger charge is 2.11. The van der Waals surface area contributed by atoms with Crippen LogP contribution in [0.3, 0.4) is 0 Å². The van der Waals surface area contributed by atoms with Crippen LogP contribution in [0.5, 0.6) is 0 Å². The summed E-state index contributed by atoms with van der Waals surface area (Å²) in [6, 6.07) is 7.94. The van der Waals surface area contributed by atoms with Gasteiger partial charge in [-0.15, -0.1) is 0 Å². The third-order valence-electron chi connectivity index (χ3n) is 2.79. The Hall–Kier alpha value is -1.77. The minimum absolute atomic E-state index is 0.172. The molecule has 1 heterocycles. The van der Waals surface area contributed by atoms with E-state index in [9.17, 15) is 4.79 Å². The van der Waals surface area contributed by atoms with Crippen LogP contribution in [0.2, 0.25) is 0 Å². The number of hydrogen-bond acceptors (Lipinski definition) is 2. The SMILES string of the molecule is C=CC(=O)Nc1ccc(N2CCCC2)cc1. The zero-order valence-corrected chi connectivity index (χ0v) is 9.28. The summed E-state index contributed by atoms with van der Waals surface area (Å²) in [5.41, 5.74) is 2.04. The molecule has 0 spiro atoms. The summed E-state index contributed by atoms with van der Waals surface area (Å²) in [5, 5.41) is 2.73. The summed E-state index contributed by atoms with van der Waals surface area (Å²) >= 11 is 0. The molecular weight excluding hydrogens is 200 g/mol. The molecule has 1 N–H and O–H groups in total. The largest absolute Gasteiger partial charge is 0.372 e. The highest BCUT2D eigenvalue weighted by molar-refractivity contribution is 5.98. The van der Waals surface area contributed by atoms with E-state index in [2.05, 4.69) is 16.8 Å². The fourth-order valence-corrected chi connectivity index (χ4v) is 1.92. The third kappa shape index (κ3) is 2.42. The normalized spacial score (nSPS) is 14.9. The predicted molar refractivity (Wildman–Crippen MR) is 66.7 cm³/mol. The van der Waals surface area contributed by atoms with Crippen LogP contribution in [0.4, 0.5) is 11.4 Å². The second-order valence-corrected chi connectivity index (χ2v) is 3.93. The number of anilines is 2. The van der Waals surface area contributed by atoms with Gasteiger partial charge in [-0.25, -0.2) is 0 Å². The van der Waals surface area contributed by atoms with Crippen molar-refractivity contribution in [2.45, 2.75) is 12.8 Å². The molecule has 84 valence electrons. The molecule has 16 heavy (non-hydrogen) atoms. The fourth-order valence-electron chi connectivity index (χ4n) is 1.92. The van der Waals surface area contributed by atoms with E-state index in [1.807, 2.05) is 24.3 Å². The maximum Gasteiger partial charge on any atom is 0.247 e. The van der Waals surface area contributed by atoms with Gasteiger partial charge in [0.05, 0.1) is 0 Å². The second-order valence-electron chi connectivity index (χ2n) is 3.93. The Labute approximate surface area is 95.8 Å². The summed E-state index contributed by atoms with van der Waals surface area (Å²) in [6.07, 6.45) is 3.82. The van der Waals surface area contributed by atoms with Crippen LogP contribution in [0.25, 0.3) is 0 Å². The fraction of sp³-hybridized carbons (Fsp3) is 0.308. The third-order valence-corrected chi connectivity index (χ3v) is 2.79. The van der Waals surface area contributed by atoms with Crippen LogP contribution in [-0.4, -0.2) is 19.0 Å². The van der Waals surface area contributed by atoms with E-state index in [4.69, 9.17) is 0 Å². The van der Waals surface area contributed by atoms with Crippen molar-refractivity contribution in [2.24, 2.45) is 0 Å². The van der Waals surface area contributed by atoms with Crippen LogP contribution in [0.1, 0.15) is 12.8 Å². The number of nitrogens with zero attached hydrogens (tertiary/aromatic N) is 1. The Bertz CT molecular complexity index is 377.